The third-order valence-corrected chi connectivity index (χ3v) is 26.7. The molecule has 0 atom stereocenters. The molecule has 4 nitrogen and oxygen atoms in total. The molecule has 0 amide bonds. The van der Waals surface area contributed by atoms with Gasteiger partial charge in [0, 0.05) is 103 Å². The van der Waals surface area contributed by atoms with Gasteiger partial charge >= 0.3 is 0 Å². The summed E-state index contributed by atoms with van der Waals surface area (Å²) in [4.78, 5) is 4.80. The van der Waals surface area contributed by atoms with Gasteiger partial charge in [-0.2, -0.15) is 0 Å². The van der Waals surface area contributed by atoms with Gasteiger partial charge < -0.3 is 18.9 Å². The van der Waals surface area contributed by atoms with Crippen molar-refractivity contribution in [3.63, 3.8) is 0 Å². The van der Waals surface area contributed by atoms with Crippen molar-refractivity contribution in [3.8, 4) is 78.1 Å². The van der Waals surface area contributed by atoms with E-state index in [-0.39, 0.29) is 5.41 Å². The largest absolute Gasteiger partial charge is 0.310 e. The molecule has 0 aliphatic heterocycles. The van der Waals surface area contributed by atoms with Crippen LogP contribution in [0.3, 0.4) is 0 Å². The highest BCUT2D eigenvalue weighted by molar-refractivity contribution is 7.27. The molecule has 23 rings (SSSR count). The van der Waals surface area contributed by atoms with Crippen LogP contribution in [0, 0.1) is 0 Å². The van der Waals surface area contributed by atoms with Gasteiger partial charge in [0.15, 0.2) is 0 Å². The van der Waals surface area contributed by atoms with Crippen LogP contribution in [0.1, 0.15) is 25.0 Å². The van der Waals surface area contributed by atoms with Crippen LogP contribution < -0.4 is 9.80 Å². The molecule has 1 aliphatic carbocycles. The molecule has 0 N–H and O–H groups in total. The molecule has 0 radical (unpaired) electrons. The SMILES string of the molecule is CC1(C)c2ccccc2-c2ccc(N(c3ccccc3)c3ccc(-c4ccc5sc6c(ccc7c8cc(-c9cccc(-c%10ccc%11c(N(c%12ccccc%12)c%12ccc(-c%13ccc%14sc%15c(ccc%16c%17cc(-c%18ccccc%18)ccc%17n(-c%17ccccc%17)c%16%15)c%14c%13)cc%12)cccc%11c%10)c9)ccc8n(-c8ccccc8)c76)c5c4)cc3)cc21. The molecular formula is C109H72N4S2. The van der Waals surface area contributed by atoms with Crippen molar-refractivity contribution < 1.29 is 0 Å². The van der Waals surface area contributed by atoms with Crippen molar-refractivity contribution >= 4 is 152 Å². The third-order valence-electron chi connectivity index (χ3n) is 24.3. The molecule has 22 aromatic rings. The predicted molar refractivity (Wildman–Crippen MR) is 493 cm³/mol. The maximum Gasteiger partial charge on any atom is 0.0719 e. The molecule has 0 fully saturated rings. The quantitative estimate of drug-likeness (QED) is 0.114. The summed E-state index contributed by atoms with van der Waals surface area (Å²) < 4.78 is 10.1. The van der Waals surface area contributed by atoms with Crippen LogP contribution in [0.4, 0.5) is 34.1 Å². The molecule has 540 valence electrons. The Balaban J connectivity index is 0.554. The Morgan fingerprint density at radius 1 is 0.235 bits per heavy atom. The number of nitrogens with zero attached hydrogens (tertiary/aromatic N) is 4. The van der Waals surface area contributed by atoms with Gasteiger partial charge in [0.05, 0.1) is 37.2 Å². The van der Waals surface area contributed by atoms with Gasteiger partial charge in [-0.25, -0.2) is 0 Å². The molecule has 0 unspecified atom stereocenters. The molecule has 4 aromatic heterocycles. The van der Waals surface area contributed by atoms with Gasteiger partial charge in [-0.05, 0) is 235 Å². The van der Waals surface area contributed by atoms with Crippen LogP contribution in [0.15, 0.2) is 400 Å². The Labute approximate surface area is 674 Å². The zero-order chi connectivity index (χ0) is 76.0. The maximum atomic E-state index is 2.50. The molecule has 18 aromatic carbocycles. The molecule has 0 saturated carbocycles. The summed E-state index contributed by atoms with van der Waals surface area (Å²) in [7, 11) is 0. The van der Waals surface area contributed by atoms with Crippen LogP contribution in [0.2, 0.25) is 0 Å². The zero-order valence-electron chi connectivity index (χ0n) is 63.2. The first kappa shape index (κ1) is 66.6. The summed E-state index contributed by atoms with van der Waals surface area (Å²) in [6.07, 6.45) is 0. The normalized spacial score (nSPS) is 12.5. The molecule has 0 spiro atoms. The number of rotatable bonds is 13. The van der Waals surface area contributed by atoms with E-state index in [1.165, 1.54) is 173 Å². The Morgan fingerprint density at radius 3 is 1.18 bits per heavy atom. The number of thiophene rings is 2. The molecular weight excluding hydrogens is 1430 g/mol. The van der Waals surface area contributed by atoms with Gasteiger partial charge in [-0.15, -0.1) is 22.7 Å². The fourth-order valence-electron chi connectivity index (χ4n) is 18.7. The summed E-state index contributed by atoms with van der Waals surface area (Å²) in [5.41, 5.74) is 31.1. The average Bonchev–Trinajstić information content (AvgIpc) is 1.56. The van der Waals surface area contributed by atoms with Crippen LogP contribution in [0.5, 0.6) is 0 Å². The topological polar surface area (TPSA) is 16.3 Å². The van der Waals surface area contributed by atoms with Crippen molar-refractivity contribution in [2.24, 2.45) is 0 Å². The summed E-state index contributed by atoms with van der Waals surface area (Å²) in [6.45, 7) is 4.71. The van der Waals surface area contributed by atoms with Crippen molar-refractivity contribution in [2.75, 3.05) is 9.80 Å². The fraction of sp³-hybridized carbons (Fsp3) is 0.0275. The Hall–Kier alpha value is -14.1. The molecule has 6 heteroatoms. The average molecular weight is 1500 g/mol. The standard InChI is InChI=1S/C109H72N4S2/c1-109(2)98-36-19-18-35-88(98)89-53-51-86(68-99(89)109)110(80-27-10-4-11-28-80)84-47-38-70(39-48-84)76-45-60-103-96(66-76)93-57-55-91-95-65-78(44-59-102(95)113(106(91)108(93)115-103)83-33-16-7-17-34-83)73-25-20-24-72(62-73)74-42-52-87-79(63-74)26-21-37-100(87)111(81-29-12-5-13-30-81)85-49-40-71(41-50-85)77-46-61-104-97(67-77)92-56-54-90-94-64-75(69-22-8-3-9-23-69)43-58-101(94)112(105(90)107(92)114-104)82-31-14-6-15-32-82/h3-68H,1-2H3. The highest BCUT2D eigenvalue weighted by Gasteiger charge is 2.36. The van der Waals surface area contributed by atoms with Gasteiger partial charge in [0.25, 0.3) is 0 Å². The molecule has 0 saturated heterocycles. The lowest BCUT2D eigenvalue weighted by Gasteiger charge is -2.28. The van der Waals surface area contributed by atoms with Crippen molar-refractivity contribution in [3.05, 3.63) is 412 Å². The number of aromatic nitrogens is 2. The van der Waals surface area contributed by atoms with E-state index in [2.05, 4.69) is 433 Å². The van der Waals surface area contributed by atoms with E-state index in [0.717, 1.165) is 45.5 Å². The van der Waals surface area contributed by atoms with E-state index in [1.54, 1.807) is 0 Å². The fourth-order valence-corrected chi connectivity index (χ4v) is 21.1. The van der Waals surface area contributed by atoms with E-state index in [4.69, 9.17) is 0 Å². The maximum absolute atomic E-state index is 2.50. The van der Waals surface area contributed by atoms with Crippen LogP contribution in [-0.2, 0) is 5.41 Å². The molecule has 0 bridgehead atoms. The zero-order valence-corrected chi connectivity index (χ0v) is 64.8. The number of anilines is 6. The predicted octanol–water partition coefficient (Wildman–Crippen LogP) is 31.4. The van der Waals surface area contributed by atoms with Gasteiger partial charge in [0.2, 0.25) is 0 Å². The lowest BCUT2D eigenvalue weighted by molar-refractivity contribution is 0.660. The van der Waals surface area contributed by atoms with Gasteiger partial charge in [-0.3, -0.25) is 0 Å². The lowest BCUT2D eigenvalue weighted by Crippen LogP contribution is -2.16. The van der Waals surface area contributed by atoms with E-state index < -0.39 is 0 Å². The smallest absolute Gasteiger partial charge is 0.0719 e. The lowest BCUT2D eigenvalue weighted by atomic mass is 9.82. The third kappa shape index (κ3) is 10.9. The van der Waals surface area contributed by atoms with Gasteiger partial charge in [0.1, 0.15) is 0 Å². The van der Waals surface area contributed by atoms with E-state index in [1.807, 2.05) is 22.7 Å². The van der Waals surface area contributed by atoms with Crippen molar-refractivity contribution in [1.29, 1.82) is 0 Å². The Bertz CT molecular complexity index is 7650. The summed E-state index contributed by atoms with van der Waals surface area (Å²) >= 11 is 3.79. The Morgan fingerprint density at radius 2 is 0.617 bits per heavy atom. The molecule has 115 heavy (non-hydrogen) atoms. The number of hydrogen-bond acceptors (Lipinski definition) is 4. The molecule has 4 heterocycles. The second kappa shape index (κ2) is 26.5. The van der Waals surface area contributed by atoms with Crippen molar-refractivity contribution in [2.45, 2.75) is 19.3 Å². The van der Waals surface area contributed by atoms with Gasteiger partial charge in [-0.1, -0.05) is 263 Å². The van der Waals surface area contributed by atoms with E-state index >= 15 is 0 Å². The van der Waals surface area contributed by atoms with Crippen LogP contribution >= 0.6 is 22.7 Å². The minimum atomic E-state index is -0.106. The highest BCUT2D eigenvalue weighted by atomic mass is 32.1. The Kier molecular flexibility index (Phi) is 15.4. The summed E-state index contributed by atoms with van der Waals surface area (Å²) in [5, 5.41) is 12.4. The van der Waals surface area contributed by atoms with E-state index in [0.29, 0.717) is 0 Å². The summed E-state index contributed by atoms with van der Waals surface area (Å²) in [5.74, 6) is 0. The first-order valence-electron chi connectivity index (χ1n) is 39.6. The number of hydrogen-bond donors (Lipinski definition) is 0. The number of para-hydroxylation sites is 4. The molecule has 1 aliphatic rings. The number of benzene rings is 18. The second-order valence-corrected chi connectivity index (χ2v) is 33.2. The highest BCUT2D eigenvalue weighted by Crippen LogP contribution is 2.53. The van der Waals surface area contributed by atoms with Crippen LogP contribution in [0.25, 0.3) is 173 Å². The number of fused-ring (bicyclic) bond motifs is 18. The monoisotopic (exact) mass is 1500 g/mol. The minimum absolute atomic E-state index is 0.106. The van der Waals surface area contributed by atoms with Crippen LogP contribution in [-0.4, -0.2) is 9.13 Å². The minimum Gasteiger partial charge on any atom is -0.310 e. The second-order valence-electron chi connectivity index (χ2n) is 31.1. The summed E-state index contributed by atoms with van der Waals surface area (Å²) in [6, 6.07) is 149. The van der Waals surface area contributed by atoms with Crippen molar-refractivity contribution in [1.82, 2.24) is 9.13 Å². The first-order valence-corrected chi connectivity index (χ1v) is 41.2. The van der Waals surface area contributed by atoms with E-state index in [9.17, 15) is 0 Å². The first-order chi connectivity index (χ1) is 56.8.